The van der Waals surface area contributed by atoms with Crippen LogP contribution in [0.25, 0.3) is 10.8 Å². The van der Waals surface area contributed by atoms with Gasteiger partial charge in [0.25, 0.3) is 0 Å². The molecular formula is C22H22N2O3S. The Bertz CT molecular complexity index is 1120. The number of benzene rings is 3. The second kappa shape index (κ2) is 7.37. The smallest absolute Gasteiger partial charge is 0.243 e. The van der Waals surface area contributed by atoms with Gasteiger partial charge in [0.1, 0.15) is 6.04 Å². The molecule has 1 saturated heterocycles. The molecule has 0 saturated carbocycles. The van der Waals surface area contributed by atoms with E-state index in [0.717, 1.165) is 16.3 Å². The number of aryl methyl sites for hydroxylation is 1. The second-order valence-electron chi connectivity index (χ2n) is 7.10. The summed E-state index contributed by atoms with van der Waals surface area (Å²) in [6, 6.07) is 19.5. The topological polar surface area (TPSA) is 66.5 Å². The lowest BCUT2D eigenvalue weighted by Gasteiger charge is -2.23. The number of sulfonamides is 1. The van der Waals surface area contributed by atoms with Gasteiger partial charge in [-0.05, 0) is 43.4 Å². The lowest BCUT2D eigenvalue weighted by Crippen LogP contribution is -2.43. The maximum absolute atomic E-state index is 13.1. The number of nitrogens with zero attached hydrogens (tertiary/aromatic N) is 1. The van der Waals surface area contributed by atoms with Gasteiger partial charge in [0.2, 0.25) is 15.9 Å². The lowest BCUT2D eigenvalue weighted by atomic mass is 10.1. The van der Waals surface area contributed by atoms with Crippen LogP contribution < -0.4 is 5.32 Å². The van der Waals surface area contributed by atoms with Gasteiger partial charge < -0.3 is 5.32 Å². The summed E-state index contributed by atoms with van der Waals surface area (Å²) >= 11 is 0. The summed E-state index contributed by atoms with van der Waals surface area (Å²) in [5.74, 6) is -0.287. The number of rotatable bonds is 4. The lowest BCUT2D eigenvalue weighted by molar-refractivity contribution is -0.119. The first-order valence-corrected chi connectivity index (χ1v) is 10.8. The van der Waals surface area contributed by atoms with Crippen molar-refractivity contribution >= 4 is 32.4 Å². The molecule has 5 nitrogen and oxygen atoms in total. The maximum Gasteiger partial charge on any atom is 0.243 e. The van der Waals surface area contributed by atoms with Crippen LogP contribution in [0.3, 0.4) is 0 Å². The average molecular weight is 394 g/mol. The van der Waals surface area contributed by atoms with Crippen LogP contribution in [-0.4, -0.2) is 31.2 Å². The number of anilines is 1. The van der Waals surface area contributed by atoms with Crippen LogP contribution in [0.15, 0.2) is 71.6 Å². The van der Waals surface area contributed by atoms with Crippen molar-refractivity contribution in [3.8, 4) is 0 Å². The molecule has 0 aromatic heterocycles. The fourth-order valence-corrected chi connectivity index (χ4v) is 5.34. The highest BCUT2D eigenvalue weighted by molar-refractivity contribution is 7.89. The van der Waals surface area contributed by atoms with Crippen molar-refractivity contribution < 1.29 is 13.2 Å². The molecule has 0 bridgehead atoms. The Hall–Kier alpha value is -2.70. The van der Waals surface area contributed by atoms with Gasteiger partial charge in [-0.15, -0.1) is 0 Å². The first-order valence-electron chi connectivity index (χ1n) is 9.34. The molecule has 28 heavy (non-hydrogen) atoms. The highest BCUT2D eigenvalue weighted by Gasteiger charge is 2.39. The molecule has 1 amide bonds. The summed E-state index contributed by atoms with van der Waals surface area (Å²) in [7, 11) is -3.71. The number of fused-ring (bicyclic) bond motifs is 1. The molecule has 6 heteroatoms. The van der Waals surface area contributed by atoms with E-state index in [0.29, 0.717) is 25.1 Å². The third-order valence-electron chi connectivity index (χ3n) is 5.18. The Kier molecular flexibility index (Phi) is 4.91. The Labute approximate surface area is 165 Å². The molecule has 0 aliphatic carbocycles. The van der Waals surface area contributed by atoms with Gasteiger partial charge >= 0.3 is 0 Å². The predicted octanol–water partition coefficient (Wildman–Crippen LogP) is 3.94. The van der Waals surface area contributed by atoms with Crippen LogP contribution in [0.2, 0.25) is 0 Å². The van der Waals surface area contributed by atoms with Gasteiger partial charge in [-0.2, -0.15) is 4.31 Å². The standard InChI is InChI=1S/C22H22N2O3S/c1-16-11-13-18(14-12-16)28(26,27)24-15-5-10-21(24)22(25)23-20-9-4-7-17-6-2-3-8-19(17)20/h2-4,6-9,11-14,21H,5,10,15H2,1H3,(H,23,25). The molecule has 1 fully saturated rings. The molecule has 0 radical (unpaired) electrons. The zero-order valence-corrected chi connectivity index (χ0v) is 16.4. The Morgan fingerprint density at radius 1 is 1.00 bits per heavy atom. The summed E-state index contributed by atoms with van der Waals surface area (Å²) < 4.78 is 27.5. The number of carbonyl (C=O) groups excluding carboxylic acids is 1. The molecule has 1 heterocycles. The van der Waals surface area contributed by atoms with E-state index < -0.39 is 16.1 Å². The Morgan fingerprint density at radius 2 is 1.71 bits per heavy atom. The highest BCUT2D eigenvalue weighted by Crippen LogP contribution is 2.29. The van der Waals surface area contributed by atoms with Gasteiger partial charge in [-0.1, -0.05) is 54.1 Å². The van der Waals surface area contributed by atoms with Crippen LogP contribution in [0, 0.1) is 6.92 Å². The van der Waals surface area contributed by atoms with E-state index in [4.69, 9.17) is 0 Å². The van der Waals surface area contributed by atoms with E-state index >= 15 is 0 Å². The summed E-state index contributed by atoms with van der Waals surface area (Å²) in [6.07, 6.45) is 1.18. The zero-order chi connectivity index (χ0) is 19.7. The van der Waals surface area contributed by atoms with E-state index in [-0.39, 0.29) is 10.8 Å². The van der Waals surface area contributed by atoms with E-state index in [9.17, 15) is 13.2 Å². The SMILES string of the molecule is Cc1ccc(S(=O)(=O)N2CCCC2C(=O)Nc2cccc3ccccc23)cc1. The zero-order valence-electron chi connectivity index (χ0n) is 15.6. The third-order valence-corrected chi connectivity index (χ3v) is 7.10. The van der Waals surface area contributed by atoms with Crippen LogP contribution >= 0.6 is 0 Å². The van der Waals surface area contributed by atoms with Gasteiger partial charge in [-0.3, -0.25) is 4.79 Å². The van der Waals surface area contributed by atoms with Crippen LogP contribution in [0.5, 0.6) is 0 Å². The molecule has 1 aliphatic heterocycles. The summed E-state index contributed by atoms with van der Waals surface area (Å²) in [6.45, 7) is 2.26. The first kappa shape index (κ1) is 18.7. The van der Waals surface area contributed by atoms with Gasteiger partial charge in [0.05, 0.1) is 4.90 Å². The molecule has 144 valence electrons. The maximum atomic E-state index is 13.1. The summed E-state index contributed by atoms with van der Waals surface area (Å²) in [5.41, 5.74) is 1.69. The third kappa shape index (κ3) is 3.41. The van der Waals surface area contributed by atoms with Crippen molar-refractivity contribution in [1.29, 1.82) is 0 Å². The van der Waals surface area contributed by atoms with Crippen molar-refractivity contribution in [2.24, 2.45) is 0 Å². The van der Waals surface area contributed by atoms with Gasteiger partial charge in [0.15, 0.2) is 0 Å². The van der Waals surface area contributed by atoms with Gasteiger partial charge in [-0.25, -0.2) is 8.42 Å². The fourth-order valence-electron chi connectivity index (χ4n) is 3.69. The molecule has 1 aliphatic rings. The van der Waals surface area contributed by atoms with E-state index in [2.05, 4.69) is 5.32 Å². The second-order valence-corrected chi connectivity index (χ2v) is 8.99. The largest absolute Gasteiger partial charge is 0.324 e. The minimum atomic E-state index is -3.71. The monoisotopic (exact) mass is 394 g/mol. The fraction of sp³-hybridized carbons (Fsp3) is 0.227. The number of hydrogen-bond acceptors (Lipinski definition) is 3. The number of carbonyl (C=O) groups is 1. The molecular weight excluding hydrogens is 372 g/mol. The van der Waals surface area contributed by atoms with Crippen molar-refractivity contribution in [2.75, 3.05) is 11.9 Å². The summed E-state index contributed by atoms with van der Waals surface area (Å²) in [5, 5.41) is 4.90. The normalized spacial score (nSPS) is 17.7. The highest BCUT2D eigenvalue weighted by atomic mass is 32.2. The van der Waals surface area contributed by atoms with E-state index in [1.165, 1.54) is 4.31 Å². The number of hydrogen-bond donors (Lipinski definition) is 1. The average Bonchev–Trinajstić information content (AvgIpc) is 3.20. The minimum Gasteiger partial charge on any atom is -0.324 e. The Balaban J connectivity index is 1.61. The van der Waals surface area contributed by atoms with E-state index in [1.54, 1.807) is 24.3 Å². The molecule has 3 aromatic rings. The van der Waals surface area contributed by atoms with Crippen molar-refractivity contribution in [3.63, 3.8) is 0 Å². The number of amides is 1. The summed E-state index contributed by atoms with van der Waals surface area (Å²) in [4.78, 5) is 13.2. The first-order chi connectivity index (χ1) is 13.5. The van der Waals surface area contributed by atoms with Crippen LogP contribution in [-0.2, 0) is 14.8 Å². The number of nitrogens with one attached hydrogen (secondary N) is 1. The van der Waals surface area contributed by atoms with Crippen LogP contribution in [0.4, 0.5) is 5.69 Å². The van der Waals surface area contributed by atoms with E-state index in [1.807, 2.05) is 49.4 Å². The predicted molar refractivity (Wildman–Crippen MR) is 111 cm³/mol. The van der Waals surface area contributed by atoms with Gasteiger partial charge in [0, 0.05) is 17.6 Å². The molecule has 1 unspecified atom stereocenters. The molecule has 1 atom stereocenters. The minimum absolute atomic E-state index is 0.225. The van der Waals surface area contributed by atoms with Crippen molar-refractivity contribution in [2.45, 2.75) is 30.7 Å². The molecule has 3 aromatic carbocycles. The quantitative estimate of drug-likeness (QED) is 0.729. The molecule has 4 rings (SSSR count). The van der Waals surface area contributed by atoms with Crippen LogP contribution in [0.1, 0.15) is 18.4 Å². The molecule has 1 N–H and O–H groups in total. The van der Waals surface area contributed by atoms with Crippen molar-refractivity contribution in [3.05, 3.63) is 72.3 Å². The molecule has 0 spiro atoms. The van der Waals surface area contributed by atoms with Crippen molar-refractivity contribution in [1.82, 2.24) is 4.31 Å². The Morgan fingerprint density at radius 3 is 2.50 bits per heavy atom.